The fraction of sp³-hybridized carbons (Fsp3) is 0.312. The standard InChI is InChI=1S/C16H16N2O4S/c1-3-17-14(19)11(15(20)18(4-2)16(17)23)7-10-5-6-12-13(8-10)22-9-21-12/h5-8H,3-4,9H2,1-2H3. The number of thiocarbonyl (C=S) groups is 1. The van der Waals surface area contributed by atoms with Crippen LogP contribution in [0.5, 0.6) is 11.5 Å². The molecule has 0 aromatic heterocycles. The number of rotatable bonds is 3. The highest BCUT2D eigenvalue weighted by Crippen LogP contribution is 2.33. The summed E-state index contributed by atoms with van der Waals surface area (Å²) in [5.74, 6) is 0.514. The van der Waals surface area contributed by atoms with Gasteiger partial charge in [-0.15, -0.1) is 0 Å². The maximum atomic E-state index is 12.5. The fourth-order valence-electron chi connectivity index (χ4n) is 2.55. The molecule has 2 aliphatic rings. The van der Waals surface area contributed by atoms with Gasteiger partial charge in [0.25, 0.3) is 11.8 Å². The Balaban J connectivity index is 2.00. The number of carbonyl (C=O) groups excluding carboxylic acids is 2. The highest BCUT2D eigenvalue weighted by Gasteiger charge is 2.37. The van der Waals surface area contributed by atoms with E-state index in [4.69, 9.17) is 21.7 Å². The molecular weight excluding hydrogens is 316 g/mol. The number of ether oxygens (including phenoxy) is 2. The minimum atomic E-state index is -0.370. The van der Waals surface area contributed by atoms with E-state index in [-0.39, 0.29) is 29.3 Å². The van der Waals surface area contributed by atoms with Crippen LogP contribution in [-0.2, 0) is 9.59 Å². The van der Waals surface area contributed by atoms with Gasteiger partial charge in [0.1, 0.15) is 5.57 Å². The summed E-state index contributed by atoms with van der Waals surface area (Å²) in [6.07, 6.45) is 1.57. The lowest BCUT2D eigenvalue weighted by Gasteiger charge is -2.35. The van der Waals surface area contributed by atoms with Gasteiger partial charge in [-0.1, -0.05) is 6.07 Å². The third-order valence-corrected chi connectivity index (χ3v) is 4.19. The maximum Gasteiger partial charge on any atom is 0.265 e. The van der Waals surface area contributed by atoms with Crippen molar-refractivity contribution < 1.29 is 19.1 Å². The average Bonchev–Trinajstić information content (AvgIpc) is 3.00. The van der Waals surface area contributed by atoms with Gasteiger partial charge in [-0.2, -0.15) is 0 Å². The van der Waals surface area contributed by atoms with Gasteiger partial charge in [0, 0.05) is 13.1 Å². The Morgan fingerprint density at radius 1 is 1.09 bits per heavy atom. The molecule has 2 aliphatic heterocycles. The average molecular weight is 332 g/mol. The van der Waals surface area contributed by atoms with Gasteiger partial charge in [-0.05, 0) is 49.8 Å². The molecule has 6 nitrogen and oxygen atoms in total. The van der Waals surface area contributed by atoms with Crippen LogP contribution in [-0.4, -0.2) is 46.6 Å². The van der Waals surface area contributed by atoms with Crippen molar-refractivity contribution in [1.29, 1.82) is 0 Å². The highest BCUT2D eigenvalue weighted by molar-refractivity contribution is 7.80. The molecule has 0 atom stereocenters. The number of hydrogen-bond acceptors (Lipinski definition) is 5. The van der Waals surface area contributed by atoms with Crippen molar-refractivity contribution in [2.75, 3.05) is 19.9 Å². The molecule has 2 heterocycles. The number of benzene rings is 1. The summed E-state index contributed by atoms with van der Waals surface area (Å²) in [6.45, 7) is 4.66. The van der Waals surface area contributed by atoms with Gasteiger partial charge in [0.05, 0.1) is 0 Å². The van der Waals surface area contributed by atoms with E-state index in [2.05, 4.69) is 0 Å². The van der Waals surface area contributed by atoms with E-state index in [0.717, 1.165) is 0 Å². The fourth-order valence-corrected chi connectivity index (χ4v) is 2.98. The Bertz CT molecular complexity index is 701. The Labute approximate surface area is 139 Å². The van der Waals surface area contributed by atoms with Gasteiger partial charge >= 0.3 is 0 Å². The summed E-state index contributed by atoms with van der Waals surface area (Å²) in [5, 5.41) is 0.257. The second-order valence-electron chi connectivity index (χ2n) is 5.05. The van der Waals surface area contributed by atoms with Gasteiger partial charge in [0.2, 0.25) is 6.79 Å². The number of amides is 2. The van der Waals surface area contributed by atoms with E-state index in [1.807, 2.05) is 13.8 Å². The number of likely N-dealkylation sites (N-methyl/N-ethyl adjacent to an activating group) is 2. The van der Waals surface area contributed by atoms with E-state index < -0.39 is 0 Å². The Hall–Kier alpha value is -2.41. The molecule has 7 heteroatoms. The van der Waals surface area contributed by atoms with E-state index in [1.54, 1.807) is 24.3 Å². The zero-order chi connectivity index (χ0) is 16.6. The van der Waals surface area contributed by atoms with Crippen LogP contribution >= 0.6 is 12.2 Å². The van der Waals surface area contributed by atoms with Crippen molar-refractivity contribution in [3.63, 3.8) is 0 Å². The lowest BCUT2D eigenvalue weighted by Crippen LogP contribution is -2.55. The number of fused-ring (bicyclic) bond motifs is 1. The molecule has 23 heavy (non-hydrogen) atoms. The van der Waals surface area contributed by atoms with Gasteiger partial charge in [-0.3, -0.25) is 19.4 Å². The first-order chi connectivity index (χ1) is 11.1. The Kier molecular flexibility index (Phi) is 4.04. The van der Waals surface area contributed by atoms with Crippen LogP contribution in [0.3, 0.4) is 0 Å². The lowest BCUT2D eigenvalue weighted by atomic mass is 10.1. The zero-order valence-electron chi connectivity index (χ0n) is 12.9. The summed E-state index contributed by atoms with van der Waals surface area (Å²) in [5.41, 5.74) is 0.798. The molecule has 1 aromatic rings. The van der Waals surface area contributed by atoms with E-state index in [1.165, 1.54) is 9.80 Å². The van der Waals surface area contributed by atoms with Crippen LogP contribution in [0.2, 0.25) is 0 Å². The molecule has 0 spiro atoms. The van der Waals surface area contributed by atoms with Crippen LogP contribution in [0.15, 0.2) is 23.8 Å². The molecular formula is C16H16N2O4S. The summed E-state index contributed by atoms with van der Waals surface area (Å²) in [6, 6.07) is 5.28. The second-order valence-corrected chi connectivity index (χ2v) is 5.42. The SMILES string of the molecule is CCN1C(=O)C(=Cc2ccc3c(c2)OCO3)C(=O)N(CC)C1=S. The van der Waals surface area contributed by atoms with Crippen LogP contribution in [0.1, 0.15) is 19.4 Å². The maximum absolute atomic E-state index is 12.5. The van der Waals surface area contributed by atoms with Crippen molar-refractivity contribution in [2.24, 2.45) is 0 Å². The van der Waals surface area contributed by atoms with E-state index >= 15 is 0 Å². The zero-order valence-corrected chi connectivity index (χ0v) is 13.7. The molecule has 0 aliphatic carbocycles. The summed E-state index contributed by atoms with van der Waals surface area (Å²) >= 11 is 5.23. The normalized spacial score (nSPS) is 17.1. The number of nitrogens with zero attached hydrogens (tertiary/aromatic N) is 2. The van der Waals surface area contributed by atoms with Gasteiger partial charge < -0.3 is 9.47 Å². The van der Waals surface area contributed by atoms with Crippen LogP contribution < -0.4 is 9.47 Å². The number of carbonyl (C=O) groups is 2. The van der Waals surface area contributed by atoms with Crippen LogP contribution in [0.4, 0.5) is 0 Å². The smallest absolute Gasteiger partial charge is 0.265 e. The monoisotopic (exact) mass is 332 g/mol. The Morgan fingerprint density at radius 3 is 2.30 bits per heavy atom. The van der Waals surface area contributed by atoms with E-state index in [0.29, 0.717) is 30.2 Å². The predicted molar refractivity (Wildman–Crippen MR) is 87.9 cm³/mol. The minimum absolute atomic E-state index is 0.0983. The first-order valence-corrected chi connectivity index (χ1v) is 7.76. The lowest BCUT2D eigenvalue weighted by molar-refractivity contribution is -0.133. The van der Waals surface area contributed by atoms with Crippen molar-refractivity contribution in [3.05, 3.63) is 29.3 Å². The predicted octanol–water partition coefficient (Wildman–Crippen LogP) is 1.79. The Morgan fingerprint density at radius 2 is 1.70 bits per heavy atom. The first kappa shape index (κ1) is 15.5. The van der Waals surface area contributed by atoms with Crippen LogP contribution in [0.25, 0.3) is 6.08 Å². The van der Waals surface area contributed by atoms with Crippen molar-refractivity contribution in [2.45, 2.75) is 13.8 Å². The van der Waals surface area contributed by atoms with Gasteiger partial charge in [0.15, 0.2) is 16.6 Å². The number of hydrogen-bond donors (Lipinski definition) is 0. The molecule has 0 saturated carbocycles. The molecule has 3 rings (SSSR count). The molecule has 1 saturated heterocycles. The third-order valence-electron chi connectivity index (χ3n) is 3.75. The summed E-state index contributed by atoms with van der Waals surface area (Å²) in [7, 11) is 0. The quantitative estimate of drug-likeness (QED) is 0.480. The van der Waals surface area contributed by atoms with Gasteiger partial charge in [-0.25, -0.2) is 0 Å². The molecule has 120 valence electrons. The molecule has 0 radical (unpaired) electrons. The molecule has 1 aromatic carbocycles. The first-order valence-electron chi connectivity index (χ1n) is 7.35. The van der Waals surface area contributed by atoms with Crippen molar-refractivity contribution in [1.82, 2.24) is 9.80 Å². The third kappa shape index (κ3) is 2.57. The van der Waals surface area contributed by atoms with Crippen molar-refractivity contribution in [3.8, 4) is 11.5 Å². The highest BCUT2D eigenvalue weighted by atomic mass is 32.1. The summed E-state index contributed by atoms with van der Waals surface area (Å²) in [4.78, 5) is 27.9. The molecule has 0 bridgehead atoms. The second kappa shape index (κ2) is 6.00. The molecule has 0 N–H and O–H groups in total. The van der Waals surface area contributed by atoms with Crippen LogP contribution in [0, 0.1) is 0 Å². The topological polar surface area (TPSA) is 59.1 Å². The summed E-state index contributed by atoms with van der Waals surface area (Å²) < 4.78 is 10.6. The van der Waals surface area contributed by atoms with E-state index in [9.17, 15) is 9.59 Å². The molecule has 1 fully saturated rings. The molecule has 0 unspecified atom stereocenters. The molecule has 2 amide bonds. The minimum Gasteiger partial charge on any atom is -0.454 e. The van der Waals surface area contributed by atoms with Crippen molar-refractivity contribution >= 4 is 35.2 Å². The largest absolute Gasteiger partial charge is 0.454 e.